The van der Waals surface area contributed by atoms with Gasteiger partial charge in [-0.1, -0.05) is 12.1 Å². The Bertz CT molecular complexity index is 1020. The molecule has 6 nitrogen and oxygen atoms in total. The lowest BCUT2D eigenvalue weighted by molar-refractivity contribution is -0.124. The Morgan fingerprint density at radius 1 is 1.00 bits per heavy atom. The van der Waals surface area contributed by atoms with E-state index in [1.54, 1.807) is 30.3 Å². The molecule has 0 saturated carbocycles. The summed E-state index contributed by atoms with van der Waals surface area (Å²) in [6.45, 7) is 3.72. The van der Waals surface area contributed by atoms with Gasteiger partial charge in [-0.05, 0) is 56.2 Å². The largest absolute Gasteiger partial charge is 0.452 e. The molecular weight excluding hydrogens is 361 g/mol. The molecule has 1 N–H and O–H groups in total. The molecule has 3 rings (SSSR count). The number of ether oxygens (including phenoxy) is 1. The van der Waals surface area contributed by atoms with Crippen molar-refractivity contribution in [1.29, 1.82) is 0 Å². The van der Waals surface area contributed by atoms with Crippen LogP contribution < -0.4 is 5.32 Å². The molecule has 0 unspecified atom stereocenters. The minimum atomic E-state index is -0.601. The quantitative estimate of drug-likeness (QED) is 0.664. The Morgan fingerprint density at radius 2 is 1.68 bits per heavy atom. The molecule has 0 bridgehead atoms. The number of hydrogen-bond acceptors (Lipinski definition) is 5. The number of nitrogens with zero attached hydrogens (tertiary/aromatic N) is 2. The Morgan fingerprint density at radius 3 is 2.39 bits per heavy atom. The summed E-state index contributed by atoms with van der Waals surface area (Å²) in [6, 6.07) is 11.0. The summed E-state index contributed by atoms with van der Waals surface area (Å²) in [4.78, 5) is 32.9. The molecule has 1 heterocycles. The maximum absolute atomic E-state index is 12.9. The molecule has 0 saturated heterocycles. The first-order valence-electron chi connectivity index (χ1n) is 8.85. The van der Waals surface area contributed by atoms with Crippen LogP contribution in [0.4, 0.5) is 4.39 Å². The Kier molecular flexibility index (Phi) is 5.93. The van der Waals surface area contributed by atoms with Crippen molar-refractivity contribution in [2.75, 3.05) is 13.2 Å². The Labute approximate surface area is 161 Å². The van der Waals surface area contributed by atoms with Gasteiger partial charge >= 0.3 is 5.97 Å². The summed E-state index contributed by atoms with van der Waals surface area (Å²) in [6.07, 6.45) is 0.558. The predicted octanol–water partition coefficient (Wildman–Crippen LogP) is 2.90. The molecular formula is C21H20FN3O3. The van der Waals surface area contributed by atoms with Crippen LogP contribution >= 0.6 is 0 Å². The summed E-state index contributed by atoms with van der Waals surface area (Å²) in [5.74, 6) is -1.30. The minimum Gasteiger partial charge on any atom is -0.452 e. The third-order valence-electron chi connectivity index (χ3n) is 4.29. The molecule has 0 atom stereocenters. The lowest BCUT2D eigenvalue weighted by atomic mass is 10.1. The molecule has 3 aromatic rings. The topological polar surface area (TPSA) is 81.2 Å². The van der Waals surface area contributed by atoms with E-state index in [1.165, 1.54) is 12.1 Å². The van der Waals surface area contributed by atoms with Crippen molar-refractivity contribution in [1.82, 2.24) is 15.3 Å². The van der Waals surface area contributed by atoms with Gasteiger partial charge in [-0.2, -0.15) is 0 Å². The van der Waals surface area contributed by atoms with E-state index >= 15 is 0 Å². The van der Waals surface area contributed by atoms with Crippen LogP contribution in [0.1, 0.15) is 27.3 Å². The number of halogens is 1. The lowest BCUT2D eigenvalue weighted by Gasteiger charge is -2.08. The van der Waals surface area contributed by atoms with E-state index in [4.69, 9.17) is 4.74 Å². The van der Waals surface area contributed by atoms with Gasteiger partial charge in [0.1, 0.15) is 5.82 Å². The number of nitrogens with one attached hydrogen (secondary N) is 1. The molecule has 144 valence electrons. The van der Waals surface area contributed by atoms with E-state index in [-0.39, 0.29) is 12.4 Å². The molecule has 2 aromatic carbocycles. The van der Waals surface area contributed by atoms with E-state index in [0.717, 1.165) is 17.0 Å². The van der Waals surface area contributed by atoms with Crippen molar-refractivity contribution in [2.24, 2.45) is 0 Å². The van der Waals surface area contributed by atoms with Crippen LogP contribution in [0, 0.1) is 19.7 Å². The number of carbonyl (C=O) groups is 2. The monoisotopic (exact) mass is 381 g/mol. The zero-order valence-corrected chi connectivity index (χ0v) is 15.7. The van der Waals surface area contributed by atoms with Crippen LogP contribution in [0.5, 0.6) is 0 Å². The third-order valence-corrected chi connectivity index (χ3v) is 4.29. The second-order valence-corrected chi connectivity index (χ2v) is 6.40. The normalized spacial score (nSPS) is 10.7. The highest BCUT2D eigenvalue weighted by Crippen LogP contribution is 2.15. The molecule has 0 aliphatic heterocycles. The standard InChI is InChI=1S/C21H20FN3O3/c1-13-14(2)25-19-11-16(5-8-18(19)24-13)21(27)28-12-20(26)23-10-9-15-3-6-17(22)7-4-15/h3-8,11H,9-10,12H2,1-2H3,(H,23,26). The molecule has 0 aliphatic rings. The van der Waals surface area contributed by atoms with Crippen LogP contribution in [0.2, 0.25) is 0 Å². The second-order valence-electron chi connectivity index (χ2n) is 6.40. The summed E-state index contributed by atoms with van der Waals surface area (Å²) in [7, 11) is 0. The summed E-state index contributed by atoms with van der Waals surface area (Å²) in [5, 5.41) is 2.66. The number of benzene rings is 2. The average Bonchev–Trinajstić information content (AvgIpc) is 2.68. The van der Waals surface area contributed by atoms with Gasteiger partial charge in [0, 0.05) is 6.54 Å². The number of amides is 1. The van der Waals surface area contributed by atoms with Crippen molar-refractivity contribution in [3.8, 4) is 0 Å². The van der Waals surface area contributed by atoms with E-state index in [0.29, 0.717) is 29.6 Å². The van der Waals surface area contributed by atoms with Crippen LogP contribution in [0.15, 0.2) is 42.5 Å². The van der Waals surface area contributed by atoms with E-state index in [9.17, 15) is 14.0 Å². The summed E-state index contributed by atoms with van der Waals surface area (Å²) in [5.41, 5.74) is 4.13. The predicted molar refractivity (Wildman–Crippen MR) is 102 cm³/mol. The number of aromatic nitrogens is 2. The van der Waals surface area contributed by atoms with Gasteiger partial charge in [0.25, 0.3) is 5.91 Å². The molecule has 0 fully saturated rings. The molecule has 7 heteroatoms. The molecule has 1 amide bonds. The zero-order valence-electron chi connectivity index (χ0n) is 15.7. The molecule has 0 spiro atoms. The molecule has 0 radical (unpaired) electrons. The number of esters is 1. The Hall–Kier alpha value is -3.35. The average molecular weight is 381 g/mol. The number of fused-ring (bicyclic) bond motifs is 1. The van der Waals surface area contributed by atoms with Gasteiger partial charge < -0.3 is 10.1 Å². The number of carbonyl (C=O) groups excluding carboxylic acids is 2. The van der Waals surface area contributed by atoms with Gasteiger partial charge in [0.15, 0.2) is 6.61 Å². The first-order valence-corrected chi connectivity index (χ1v) is 8.85. The lowest BCUT2D eigenvalue weighted by Crippen LogP contribution is -2.30. The summed E-state index contributed by atoms with van der Waals surface area (Å²) < 4.78 is 17.9. The summed E-state index contributed by atoms with van der Waals surface area (Å²) >= 11 is 0. The number of hydrogen-bond donors (Lipinski definition) is 1. The number of aryl methyl sites for hydroxylation is 2. The zero-order chi connectivity index (χ0) is 20.1. The minimum absolute atomic E-state index is 0.301. The molecule has 28 heavy (non-hydrogen) atoms. The first kappa shape index (κ1) is 19.4. The van der Waals surface area contributed by atoms with Gasteiger partial charge in [-0.15, -0.1) is 0 Å². The fourth-order valence-corrected chi connectivity index (χ4v) is 2.62. The fourth-order valence-electron chi connectivity index (χ4n) is 2.62. The van der Waals surface area contributed by atoms with Gasteiger partial charge in [0.2, 0.25) is 0 Å². The van der Waals surface area contributed by atoms with Crippen LogP contribution in [-0.2, 0) is 16.0 Å². The van der Waals surface area contributed by atoms with E-state index < -0.39 is 11.9 Å². The second kappa shape index (κ2) is 8.56. The van der Waals surface area contributed by atoms with Crippen molar-refractivity contribution in [2.45, 2.75) is 20.3 Å². The van der Waals surface area contributed by atoms with Crippen LogP contribution in [0.3, 0.4) is 0 Å². The maximum atomic E-state index is 12.9. The highest BCUT2D eigenvalue weighted by molar-refractivity contribution is 5.94. The number of rotatable bonds is 6. The first-order chi connectivity index (χ1) is 13.4. The van der Waals surface area contributed by atoms with Gasteiger partial charge in [-0.25, -0.2) is 19.2 Å². The fraction of sp³-hybridized carbons (Fsp3) is 0.238. The van der Waals surface area contributed by atoms with Crippen LogP contribution in [-0.4, -0.2) is 35.0 Å². The maximum Gasteiger partial charge on any atom is 0.338 e. The van der Waals surface area contributed by atoms with Crippen molar-refractivity contribution < 1.29 is 18.7 Å². The van der Waals surface area contributed by atoms with Crippen molar-refractivity contribution >= 4 is 22.9 Å². The smallest absolute Gasteiger partial charge is 0.338 e. The highest BCUT2D eigenvalue weighted by Gasteiger charge is 2.12. The van der Waals surface area contributed by atoms with Crippen LogP contribution in [0.25, 0.3) is 11.0 Å². The van der Waals surface area contributed by atoms with Crippen molar-refractivity contribution in [3.63, 3.8) is 0 Å². The molecule has 0 aliphatic carbocycles. The Balaban J connectivity index is 1.50. The molecule has 1 aromatic heterocycles. The third kappa shape index (κ3) is 4.88. The van der Waals surface area contributed by atoms with Gasteiger partial charge in [-0.3, -0.25) is 4.79 Å². The van der Waals surface area contributed by atoms with E-state index in [1.807, 2.05) is 13.8 Å². The van der Waals surface area contributed by atoms with Crippen molar-refractivity contribution in [3.05, 3.63) is 70.8 Å². The van der Waals surface area contributed by atoms with Gasteiger partial charge in [0.05, 0.1) is 28.0 Å². The SMILES string of the molecule is Cc1nc2ccc(C(=O)OCC(=O)NCCc3ccc(F)cc3)cc2nc1C. The highest BCUT2D eigenvalue weighted by atomic mass is 19.1. The van der Waals surface area contributed by atoms with E-state index in [2.05, 4.69) is 15.3 Å².